The van der Waals surface area contributed by atoms with Gasteiger partial charge < -0.3 is 10.4 Å². The van der Waals surface area contributed by atoms with Crippen LogP contribution in [0.15, 0.2) is 36.5 Å². The van der Waals surface area contributed by atoms with Gasteiger partial charge in [0.05, 0.1) is 6.10 Å². The lowest BCUT2D eigenvalue weighted by atomic mass is 10.00. The van der Waals surface area contributed by atoms with E-state index in [0.29, 0.717) is 12.1 Å². The first kappa shape index (κ1) is 17.6. The largest absolute Gasteiger partial charge is 0.390 e. The number of hydrogen-bond acceptors (Lipinski definition) is 4. The zero-order chi connectivity index (χ0) is 17.8. The number of rotatable bonds is 5. The molecular weight excluding hydrogens is 314 g/mol. The number of pyridine rings is 1. The molecule has 0 saturated heterocycles. The van der Waals surface area contributed by atoms with Gasteiger partial charge in [-0.25, -0.2) is 0 Å². The van der Waals surface area contributed by atoms with E-state index >= 15 is 0 Å². The van der Waals surface area contributed by atoms with Gasteiger partial charge in [-0.15, -0.1) is 0 Å². The van der Waals surface area contributed by atoms with Crippen LogP contribution in [-0.2, 0) is 13.0 Å². The van der Waals surface area contributed by atoms with Crippen molar-refractivity contribution in [3.63, 3.8) is 0 Å². The van der Waals surface area contributed by atoms with Crippen LogP contribution in [0.5, 0.6) is 0 Å². The smallest absolute Gasteiger partial charge is 0.251 e. The zero-order valence-corrected chi connectivity index (χ0v) is 14.8. The van der Waals surface area contributed by atoms with Crippen LogP contribution in [0.3, 0.4) is 0 Å². The maximum Gasteiger partial charge on any atom is 0.251 e. The molecule has 1 aliphatic rings. The number of amides is 1. The number of carbonyl (C=O) groups is 1. The van der Waals surface area contributed by atoms with Crippen molar-refractivity contribution in [2.75, 3.05) is 19.6 Å². The van der Waals surface area contributed by atoms with Gasteiger partial charge in [-0.3, -0.25) is 14.7 Å². The third kappa shape index (κ3) is 4.44. The van der Waals surface area contributed by atoms with Crippen LogP contribution in [-0.4, -0.2) is 46.6 Å². The Morgan fingerprint density at radius 2 is 2.08 bits per heavy atom. The van der Waals surface area contributed by atoms with Gasteiger partial charge in [0.15, 0.2) is 0 Å². The number of nitrogens with zero attached hydrogens (tertiary/aromatic N) is 2. The normalized spacial score (nSPS) is 15.5. The summed E-state index contributed by atoms with van der Waals surface area (Å²) in [6.45, 7) is 6.32. The molecule has 1 aromatic carbocycles. The van der Waals surface area contributed by atoms with E-state index < -0.39 is 6.10 Å². The van der Waals surface area contributed by atoms with Crippen LogP contribution in [0.1, 0.15) is 32.7 Å². The van der Waals surface area contributed by atoms with E-state index in [1.165, 1.54) is 11.1 Å². The quantitative estimate of drug-likeness (QED) is 0.872. The predicted molar refractivity (Wildman–Crippen MR) is 97.5 cm³/mol. The van der Waals surface area contributed by atoms with E-state index in [-0.39, 0.29) is 12.5 Å². The van der Waals surface area contributed by atoms with Crippen LogP contribution in [0, 0.1) is 13.8 Å². The molecule has 0 aliphatic carbocycles. The van der Waals surface area contributed by atoms with Gasteiger partial charge in [0.2, 0.25) is 0 Å². The molecule has 2 heterocycles. The minimum absolute atomic E-state index is 0.161. The number of aromatic nitrogens is 1. The maximum absolute atomic E-state index is 12.3. The molecule has 1 atom stereocenters. The summed E-state index contributed by atoms with van der Waals surface area (Å²) in [7, 11) is 0. The second-order valence-corrected chi connectivity index (χ2v) is 6.76. The van der Waals surface area contributed by atoms with Crippen molar-refractivity contribution in [2.24, 2.45) is 0 Å². The molecule has 0 spiro atoms. The summed E-state index contributed by atoms with van der Waals surface area (Å²) in [5.74, 6) is -0.161. The van der Waals surface area contributed by atoms with Crippen molar-refractivity contribution in [2.45, 2.75) is 32.9 Å². The highest BCUT2D eigenvalue weighted by atomic mass is 16.3. The van der Waals surface area contributed by atoms with Crippen LogP contribution in [0.4, 0.5) is 0 Å². The first-order valence-electron chi connectivity index (χ1n) is 8.71. The van der Waals surface area contributed by atoms with Crippen molar-refractivity contribution in [3.8, 4) is 0 Å². The molecular formula is C20H25N3O2. The fourth-order valence-corrected chi connectivity index (χ4v) is 3.25. The van der Waals surface area contributed by atoms with Gasteiger partial charge in [-0.1, -0.05) is 24.3 Å². The van der Waals surface area contributed by atoms with Crippen molar-refractivity contribution < 1.29 is 9.90 Å². The first-order chi connectivity index (χ1) is 12.0. The van der Waals surface area contributed by atoms with E-state index in [9.17, 15) is 9.90 Å². The Balaban J connectivity index is 1.51. The van der Waals surface area contributed by atoms with Gasteiger partial charge in [-0.2, -0.15) is 0 Å². The van der Waals surface area contributed by atoms with E-state index in [0.717, 1.165) is 30.8 Å². The average Bonchev–Trinajstić information content (AvgIpc) is 2.61. The molecule has 0 unspecified atom stereocenters. The molecule has 1 amide bonds. The third-order valence-corrected chi connectivity index (χ3v) is 4.66. The van der Waals surface area contributed by atoms with Crippen LogP contribution >= 0.6 is 0 Å². The minimum Gasteiger partial charge on any atom is -0.390 e. The van der Waals surface area contributed by atoms with E-state index in [4.69, 9.17) is 0 Å². The number of aliphatic hydroxyl groups excluding tert-OH is 1. The minimum atomic E-state index is -0.586. The fourth-order valence-electron chi connectivity index (χ4n) is 3.25. The maximum atomic E-state index is 12.3. The Labute approximate surface area is 148 Å². The number of hydrogen-bond donors (Lipinski definition) is 2. The number of nitrogens with one attached hydrogen (secondary N) is 1. The molecule has 2 N–H and O–H groups in total. The molecule has 1 aromatic heterocycles. The van der Waals surface area contributed by atoms with E-state index in [1.807, 2.05) is 13.8 Å². The third-order valence-electron chi connectivity index (χ3n) is 4.66. The summed E-state index contributed by atoms with van der Waals surface area (Å²) in [6, 6.07) is 10.2. The highest BCUT2D eigenvalue weighted by molar-refractivity contribution is 5.95. The summed E-state index contributed by atoms with van der Waals surface area (Å²) in [5, 5.41) is 13.1. The molecule has 5 heteroatoms. The summed E-state index contributed by atoms with van der Waals surface area (Å²) in [6.07, 6.45) is 2.12. The highest BCUT2D eigenvalue weighted by Crippen LogP contribution is 2.18. The SMILES string of the molecule is Cc1cc(C(=O)NC[C@H](O)CN2CCc3ccccc3C2)c(C)cn1. The molecule has 25 heavy (non-hydrogen) atoms. The summed E-state index contributed by atoms with van der Waals surface area (Å²) in [4.78, 5) is 18.7. The Morgan fingerprint density at radius 1 is 1.32 bits per heavy atom. The number of benzene rings is 1. The van der Waals surface area contributed by atoms with Crippen LogP contribution in [0.2, 0.25) is 0 Å². The van der Waals surface area contributed by atoms with Crippen LogP contribution < -0.4 is 5.32 Å². The average molecular weight is 339 g/mol. The van der Waals surface area contributed by atoms with Crippen LogP contribution in [0.25, 0.3) is 0 Å². The van der Waals surface area contributed by atoms with Crippen molar-refractivity contribution in [3.05, 3.63) is 64.5 Å². The summed E-state index contributed by atoms with van der Waals surface area (Å²) >= 11 is 0. The van der Waals surface area contributed by atoms with Gasteiger partial charge in [0.25, 0.3) is 5.91 Å². The standard InChI is InChI=1S/C20H25N3O2/c1-14-10-21-15(2)9-19(14)20(25)22-11-18(24)13-23-8-7-16-5-3-4-6-17(16)12-23/h3-6,9-10,18,24H,7-8,11-13H2,1-2H3,(H,22,25)/t18-/m0/s1. The molecule has 132 valence electrons. The monoisotopic (exact) mass is 339 g/mol. The molecule has 0 saturated carbocycles. The van der Waals surface area contributed by atoms with Crippen molar-refractivity contribution in [1.29, 1.82) is 0 Å². The number of aryl methyl sites for hydroxylation is 2. The Hall–Kier alpha value is -2.24. The molecule has 0 bridgehead atoms. The highest BCUT2D eigenvalue weighted by Gasteiger charge is 2.19. The first-order valence-corrected chi connectivity index (χ1v) is 8.71. The van der Waals surface area contributed by atoms with Gasteiger partial charge in [0.1, 0.15) is 0 Å². The lowest BCUT2D eigenvalue weighted by Crippen LogP contribution is -2.42. The molecule has 2 aromatic rings. The number of carbonyl (C=O) groups excluding carboxylic acids is 1. The Kier molecular flexibility index (Phi) is 5.46. The molecule has 1 aliphatic heterocycles. The second-order valence-electron chi connectivity index (χ2n) is 6.76. The lowest BCUT2D eigenvalue weighted by Gasteiger charge is -2.30. The van der Waals surface area contributed by atoms with Gasteiger partial charge in [0, 0.05) is 43.6 Å². The fraction of sp³-hybridized carbons (Fsp3) is 0.400. The van der Waals surface area contributed by atoms with Crippen molar-refractivity contribution >= 4 is 5.91 Å². The van der Waals surface area contributed by atoms with E-state index in [1.54, 1.807) is 12.3 Å². The zero-order valence-electron chi connectivity index (χ0n) is 14.8. The summed E-state index contributed by atoms with van der Waals surface area (Å²) in [5.41, 5.74) is 4.98. The number of β-amino-alcohol motifs (C(OH)–C–C–N with tert-alkyl or cyclic N) is 1. The number of fused-ring (bicyclic) bond motifs is 1. The second kappa shape index (κ2) is 7.76. The summed E-state index contributed by atoms with van der Waals surface area (Å²) < 4.78 is 0. The Bertz CT molecular complexity index is 760. The lowest BCUT2D eigenvalue weighted by molar-refractivity contribution is 0.0841. The van der Waals surface area contributed by atoms with Gasteiger partial charge >= 0.3 is 0 Å². The topological polar surface area (TPSA) is 65.5 Å². The Morgan fingerprint density at radius 3 is 2.88 bits per heavy atom. The molecule has 0 radical (unpaired) electrons. The molecule has 5 nitrogen and oxygen atoms in total. The molecule has 0 fully saturated rings. The number of aliphatic hydroxyl groups is 1. The predicted octanol–water partition coefficient (Wildman–Crippen LogP) is 1.85. The van der Waals surface area contributed by atoms with E-state index in [2.05, 4.69) is 39.5 Å². The molecule has 3 rings (SSSR count). The van der Waals surface area contributed by atoms with Crippen molar-refractivity contribution in [1.82, 2.24) is 15.2 Å². The van der Waals surface area contributed by atoms with Gasteiger partial charge in [-0.05, 0) is 43.0 Å².